The highest BCUT2D eigenvalue weighted by Crippen LogP contribution is 2.38. The summed E-state index contributed by atoms with van der Waals surface area (Å²) in [6, 6.07) is 17.7. The molecule has 2 atom stereocenters. The summed E-state index contributed by atoms with van der Waals surface area (Å²) < 4.78 is 5.67. The van der Waals surface area contributed by atoms with Crippen molar-refractivity contribution in [3.63, 3.8) is 0 Å². The number of piperidine rings is 1. The van der Waals surface area contributed by atoms with Crippen LogP contribution in [-0.4, -0.2) is 18.7 Å². The first kappa shape index (κ1) is 21.7. The van der Waals surface area contributed by atoms with E-state index in [4.69, 9.17) is 10.6 Å². The van der Waals surface area contributed by atoms with E-state index < -0.39 is 0 Å². The van der Waals surface area contributed by atoms with Gasteiger partial charge in [0.25, 0.3) is 0 Å². The second-order valence-electron chi connectivity index (χ2n) is 7.45. The molecule has 0 bridgehead atoms. The average molecular weight is 389 g/mol. The van der Waals surface area contributed by atoms with E-state index >= 15 is 0 Å². The summed E-state index contributed by atoms with van der Waals surface area (Å²) >= 11 is 0. The van der Waals surface area contributed by atoms with E-state index in [0.717, 1.165) is 31.6 Å². The molecule has 0 amide bonds. The number of rotatable bonds is 7. The topological polar surface area (TPSA) is 38.5 Å². The fourth-order valence-electron chi connectivity index (χ4n) is 4.24. The molecule has 0 saturated carbocycles. The lowest BCUT2D eigenvalue weighted by atomic mass is 9.81. The Labute approximate surface area is 170 Å². The van der Waals surface area contributed by atoms with Gasteiger partial charge in [0.15, 0.2) is 0 Å². The first-order valence-corrected chi connectivity index (χ1v) is 9.95. The molecule has 1 heterocycles. The van der Waals surface area contributed by atoms with Crippen LogP contribution in [0.4, 0.5) is 0 Å². The number of aryl methyl sites for hydroxylation is 1. The molecule has 0 aromatic heterocycles. The Balaban J connectivity index is 0.00000261. The molecule has 0 radical (unpaired) electrons. The Bertz CT molecular complexity index is 692. The highest BCUT2D eigenvalue weighted by molar-refractivity contribution is 5.85. The third-order valence-corrected chi connectivity index (χ3v) is 5.58. The van der Waals surface area contributed by atoms with Gasteiger partial charge in [-0.1, -0.05) is 55.8 Å². The van der Waals surface area contributed by atoms with E-state index in [1.165, 1.54) is 36.0 Å². The first-order chi connectivity index (χ1) is 12.7. The molecule has 0 spiro atoms. The van der Waals surface area contributed by atoms with Gasteiger partial charge in [0.2, 0.25) is 0 Å². The predicted octanol–water partition coefficient (Wildman–Crippen LogP) is 5.33. The Morgan fingerprint density at radius 3 is 2.63 bits per heavy atom. The average Bonchev–Trinajstić information content (AvgIpc) is 2.67. The number of hydrogen-bond donors (Lipinski definition) is 1. The van der Waals surface area contributed by atoms with E-state index in [0.29, 0.717) is 5.92 Å². The highest BCUT2D eigenvalue weighted by atomic mass is 35.5. The van der Waals surface area contributed by atoms with Crippen molar-refractivity contribution >= 4 is 12.4 Å². The minimum Gasteiger partial charge on any atom is -0.496 e. The molecule has 1 aliphatic rings. The molecule has 0 aliphatic carbocycles. The lowest BCUT2D eigenvalue weighted by Gasteiger charge is -2.39. The fourth-order valence-corrected chi connectivity index (χ4v) is 4.24. The van der Waals surface area contributed by atoms with Crippen LogP contribution in [0.3, 0.4) is 0 Å². The number of hydrazine groups is 1. The molecule has 1 saturated heterocycles. The zero-order chi connectivity index (χ0) is 18.4. The summed E-state index contributed by atoms with van der Waals surface area (Å²) in [6.45, 7) is 3.20. The molecular weight excluding hydrogens is 356 g/mol. The predicted molar refractivity (Wildman–Crippen MR) is 115 cm³/mol. The number of benzene rings is 2. The summed E-state index contributed by atoms with van der Waals surface area (Å²) in [5, 5.41) is 2.04. The van der Waals surface area contributed by atoms with Crippen LogP contribution in [0.5, 0.6) is 5.75 Å². The van der Waals surface area contributed by atoms with Crippen molar-refractivity contribution in [3.8, 4) is 5.75 Å². The Morgan fingerprint density at radius 1 is 1.15 bits per heavy atom. The molecule has 1 fully saturated rings. The maximum atomic E-state index is 6.42. The van der Waals surface area contributed by atoms with Crippen LogP contribution in [0.1, 0.15) is 55.3 Å². The Kier molecular flexibility index (Phi) is 8.62. The van der Waals surface area contributed by atoms with Crippen LogP contribution >= 0.6 is 12.4 Å². The zero-order valence-corrected chi connectivity index (χ0v) is 17.4. The van der Waals surface area contributed by atoms with Gasteiger partial charge in [0, 0.05) is 6.54 Å². The van der Waals surface area contributed by atoms with Gasteiger partial charge in [-0.3, -0.25) is 5.84 Å². The third kappa shape index (κ3) is 5.47. The highest BCUT2D eigenvalue weighted by Gasteiger charge is 2.31. The third-order valence-electron chi connectivity index (χ3n) is 5.58. The molecule has 3 rings (SSSR count). The van der Waals surface area contributed by atoms with Gasteiger partial charge in [0.1, 0.15) is 5.75 Å². The Morgan fingerprint density at radius 2 is 1.93 bits per heavy atom. The molecule has 148 valence electrons. The van der Waals surface area contributed by atoms with Crippen molar-refractivity contribution in [1.29, 1.82) is 0 Å². The van der Waals surface area contributed by atoms with Crippen molar-refractivity contribution in [2.45, 2.75) is 51.5 Å². The van der Waals surface area contributed by atoms with Gasteiger partial charge >= 0.3 is 0 Å². The standard InChI is InChI=1S/C23H32N2O.ClH/c1-3-4-9-18-13-14-22(26-2)21(16-18)17-20-12-8-15-25(24)23(20)19-10-6-5-7-11-19;/h5-7,10-11,13-14,16,20,23H,3-4,8-9,12,15,17,24H2,1-2H3;1H/t20-,23+;/m0./s1. The van der Waals surface area contributed by atoms with Crippen LogP contribution in [0.2, 0.25) is 0 Å². The van der Waals surface area contributed by atoms with Crippen LogP contribution in [-0.2, 0) is 12.8 Å². The lowest BCUT2D eigenvalue weighted by Crippen LogP contribution is -2.44. The van der Waals surface area contributed by atoms with Gasteiger partial charge in [-0.15, -0.1) is 12.4 Å². The van der Waals surface area contributed by atoms with Gasteiger partial charge < -0.3 is 4.74 Å². The molecule has 3 nitrogen and oxygen atoms in total. The van der Waals surface area contributed by atoms with E-state index in [2.05, 4.69) is 55.5 Å². The number of hydrogen-bond acceptors (Lipinski definition) is 3. The van der Waals surface area contributed by atoms with E-state index in [-0.39, 0.29) is 18.4 Å². The molecule has 1 aliphatic heterocycles. The van der Waals surface area contributed by atoms with Crippen molar-refractivity contribution in [2.24, 2.45) is 11.8 Å². The molecule has 2 N–H and O–H groups in total. The van der Waals surface area contributed by atoms with Gasteiger partial charge in [-0.05, 0) is 60.8 Å². The summed E-state index contributed by atoms with van der Waals surface area (Å²) in [6.07, 6.45) is 6.97. The number of nitrogens with two attached hydrogens (primary N) is 1. The fraction of sp³-hybridized carbons (Fsp3) is 0.478. The van der Waals surface area contributed by atoms with Crippen LogP contribution < -0.4 is 10.6 Å². The lowest BCUT2D eigenvalue weighted by molar-refractivity contribution is 0.0923. The monoisotopic (exact) mass is 388 g/mol. The van der Waals surface area contributed by atoms with Gasteiger partial charge in [0.05, 0.1) is 13.2 Å². The minimum atomic E-state index is 0. The van der Waals surface area contributed by atoms with E-state index in [9.17, 15) is 0 Å². The number of halogens is 1. The van der Waals surface area contributed by atoms with Crippen molar-refractivity contribution in [3.05, 3.63) is 65.2 Å². The summed E-state index contributed by atoms with van der Waals surface area (Å²) in [5.41, 5.74) is 4.06. The SMILES string of the molecule is CCCCc1ccc(OC)c(C[C@@H]2CCCN(N)[C@@H]2c2ccccc2)c1.Cl. The largest absolute Gasteiger partial charge is 0.496 e. The summed E-state index contributed by atoms with van der Waals surface area (Å²) in [5.74, 6) is 7.94. The summed E-state index contributed by atoms with van der Waals surface area (Å²) in [4.78, 5) is 0. The molecule has 0 unspecified atom stereocenters. The quantitative estimate of drug-likeness (QED) is 0.651. The number of nitrogens with zero attached hydrogens (tertiary/aromatic N) is 1. The maximum absolute atomic E-state index is 6.42. The van der Waals surface area contributed by atoms with Crippen molar-refractivity contribution in [2.75, 3.05) is 13.7 Å². The molecule has 27 heavy (non-hydrogen) atoms. The first-order valence-electron chi connectivity index (χ1n) is 9.95. The summed E-state index contributed by atoms with van der Waals surface area (Å²) in [7, 11) is 1.77. The normalized spacial score (nSPS) is 20.1. The number of ether oxygens (including phenoxy) is 1. The van der Waals surface area contributed by atoms with Crippen molar-refractivity contribution < 1.29 is 4.74 Å². The number of methoxy groups -OCH3 is 1. The Hall–Kier alpha value is -1.55. The van der Waals surface area contributed by atoms with Gasteiger partial charge in [-0.2, -0.15) is 0 Å². The number of unbranched alkanes of at least 4 members (excludes halogenated alkanes) is 1. The smallest absolute Gasteiger partial charge is 0.122 e. The molecular formula is C23H33ClN2O. The molecule has 2 aromatic rings. The maximum Gasteiger partial charge on any atom is 0.122 e. The second-order valence-corrected chi connectivity index (χ2v) is 7.45. The molecule has 2 aromatic carbocycles. The van der Waals surface area contributed by atoms with Crippen LogP contribution in [0, 0.1) is 5.92 Å². The minimum absolute atomic E-state index is 0. The van der Waals surface area contributed by atoms with E-state index in [1.807, 2.05) is 5.01 Å². The van der Waals surface area contributed by atoms with Gasteiger partial charge in [-0.25, -0.2) is 5.01 Å². The second kappa shape index (κ2) is 10.7. The van der Waals surface area contributed by atoms with Crippen LogP contribution in [0.25, 0.3) is 0 Å². The van der Waals surface area contributed by atoms with Crippen LogP contribution in [0.15, 0.2) is 48.5 Å². The molecule has 4 heteroatoms. The zero-order valence-electron chi connectivity index (χ0n) is 16.6. The van der Waals surface area contributed by atoms with Crippen molar-refractivity contribution in [1.82, 2.24) is 5.01 Å². The van der Waals surface area contributed by atoms with E-state index in [1.54, 1.807) is 7.11 Å².